The van der Waals surface area contributed by atoms with Crippen molar-refractivity contribution in [3.63, 3.8) is 0 Å². The number of hydrogen-bond donors (Lipinski definition) is 1. The predicted octanol–water partition coefficient (Wildman–Crippen LogP) is 4.45. The highest BCUT2D eigenvalue weighted by atomic mass is 16.1. The van der Waals surface area contributed by atoms with Crippen LogP contribution in [0.1, 0.15) is 36.8 Å². The van der Waals surface area contributed by atoms with Crippen molar-refractivity contribution < 1.29 is 4.79 Å². The molecule has 0 aliphatic carbocycles. The van der Waals surface area contributed by atoms with Gasteiger partial charge in [-0.2, -0.15) is 0 Å². The van der Waals surface area contributed by atoms with Crippen LogP contribution in [0.5, 0.6) is 0 Å². The molecule has 2 aromatic carbocycles. The topological polar surface area (TPSA) is 35.6 Å². The van der Waals surface area contributed by atoms with Gasteiger partial charge in [0.15, 0.2) is 0 Å². The Balaban J connectivity index is 1.25. The third-order valence-corrected chi connectivity index (χ3v) is 6.09. The first-order chi connectivity index (χ1) is 13.7. The number of amides is 1. The average molecular weight is 378 g/mol. The molecule has 0 atom stereocenters. The highest BCUT2D eigenvalue weighted by Gasteiger charge is 2.25. The van der Waals surface area contributed by atoms with Crippen molar-refractivity contribution >= 4 is 17.3 Å². The van der Waals surface area contributed by atoms with Crippen LogP contribution in [-0.4, -0.2) is 37.0 Å². The molecule has 2 heterocycles. The van der Waals surface area contributed by atoms with Gasteiger partial charge in [0.1, 0.15) is 0 Å². The quantitative estimate of drug-likeness (QED) is 0.836. The molecule has 0 spiro atoms. The summed E-state index contributed by atoms with van der Waals surface area (Å²) in [4.78, 5) is 17.5. The lowest BCUT2D eigenvalue weighted by molar-refractivity contribution is -0.121. The molecule has 2 fully saturated rings. The maximum atomic E-state index is 12.7. The lowest BCUT2D eigenvalue weighted by Gasteiger charge is -2.31. The lowest BCUT2D eigenvalue weighted by Crippen LogP contribution is -2.37. The molecule has 2 aromatic rings. The van der Waals surface area contributed by atoms with Gasteiger partial charge in [-0.05, 0) is 75.5 Å². The summed E-state index contributed by atoms with van der Waals surface area (Å²) < 4.78 is 0. The van der Waals surface area contributed by atoms with Crippen LogP contribution in [0.4, 0.5) is 11.4 Å². The van der Waals surface area contributed by atoms with E-state index >= 15 is 0 Å². The van der Waals surface area contributed by atoms with Crippen molar-refractivity contribution in [1.82, 2.24) is 4.90 Å². The van der Waals surface area contributed by atoms with E-state index in [4.69, 9.17) is 0 Å². The molecule has 2 saturated heterocycles. The van der Waals surface area contributed by atoms with Crippen molar-refractivity contribution in [2.45, 2.75) is 39.2 Å². The second kappa shape index (κ2) is 8.78. The summed E-state index contributed by atoms with van der Waals surface area (Å²) in [5.41, 5.74) is 4.83. The van der Waals surface area contributed by atoms with Gasteiger partial charge >= 0.3 is 0 Å². The summed E-state index contributed by atoms with van der Waals surface area (Å²) in [6.07, 6.45) is 4.43. The second-order valence-corrected chi connectivity index (χ2v) is 8.27. The summed E-state index contributed by atoms with van der Waals surface area (Å²) in [7, 11) is 0. The van der Waals surface area contributed by atoms with Gasteiger partial charge in [-0.3, -0.25) is 9.69 Å². The fraction of sp³-hybridized carbons (Fsp3) is 0.458. The molecule has 2 aliphatic rings. The third kappa shape index (κ3) is 4.74. The Bertz CT molecular complexity index is 771. The van der Waals surface area contributed by atoms with Crippen molar-refractivity contribution in [3.05, 3.63) is 59.7 Å². The molecule has 4 rings (SSSR count). The van der Waals surface area contributed by atoms with Crippen LogP contribution < -0.4 is 10.2 Å². The molecular weight excluding hydrogens is 346 g/mol. The van der Waals surface area contributed by atoms with E-state index < -0.39 is 0 Å². The van der Waals surface area contributed by atoms with Gasteiger partial charge in [-0.15, -0.1) is 0 Å². The number of aryl methyl sites for hydroxylation is 1. The number of carbonyl (C=O) groups excluding carboxylic acids is 1. The van der Waals surface area contributed by atoms with Gasteiger partial charge in [-0.25, -0.2) is 0 Å². The van der Waals surface area contributed by atoms with Crippen LogP contribution in [0.25, 0.3) is 0 Å². The number of likely N-dealkylation sites (tertiary alicyclic amines) is 1. The van der Waals surface area contributed by atoms with Crippen LogP contribution in [0.2, 0.25) is 0 Å². The highest BCUT2D eigenvalue weighted by Crippen LogP contribution is 2.24. The average Bonchev–Trinajstić information content (AvgIpc) is 3.26. The summed E-state index contributed by atoms with van der Waals surface area (Å²) in [5, 5.41) is 3.12. The Morgan fingerprint density at radius 2 is 1.57 bits per heavy atom. The first-order valence-corrected chi connectivity index (χ1v) is 10.6. The highest BCUT2D eigenvalue weighted by molar-refractivity contribution is 5.92. The van der Waals surface area contributed by atoms with Crippen LogP contribution in [0.15, 0.2) is 48.5 Å². The van der Waals surface area contributed by atoms with E-state index in [-0.39, 0.29) is 11.8 Å². The number of piperidine rings is 1. The Morgan fingerprint density at radius 3 is 2.21 bits per heavy atom. The summed E-state index contributed by atoms with van der Waals surface area (Å²) in [6, 6.07) is 17.1. The number of nitrogens with one attached hydrogen (secondary N) is 1. The molecule has 0 aromatic heterocycles. The third-order valence-electron chi connectivity index (χ3n) is 6.09. The van der Waals surface area contributed by atoms with E-state index in [1.165, 1.54) is 29.7 Å². The van der Waals surface area contributed by atoms with Gasteiger partial charge in [0.25, 0.3) is 0 Å². The zero-order valence-electron chi connectivity index (χ0n) is 16.9. The minimum atomic E-state index is 0.118. The van der Waals surface area contributed by atoms with Crippen molar-refractivity contribution in [1.29, 1.82) is 0 Å². The number of benzene rings is 2. The van der Waals surface area contributed by atoms with Gasteiger partial charge in [-0.1, -0.05) is 29.8 Å². The van der Waals surface area contributed by atoms with Crippen LogP contribution in [0, 0.1) is 12.8 Å². The lowest BCUT2D eigenvalue weighted by atomic mass is 9.95. The Kier molecular flexibility index (Phi) is 5.96. The molecular formula is C24H31N3O. The van der Waals surface area contributed by atoms with Crippen LogP contribution >= 0.6 is 0 Å². The fourth-order valence-corrected chi connectivity index (χ4v) is 4.28. The zero-order chi connectivity index (χ0) is 19.3. The maximum absolute atomic E-state index is 12.7. The van der Waals surface area contributed by atoms with Gasteiger partial charge in [0.2, 0.25) is 5.91 Å². The van der Waals surface area contributed by atoms with Crippen LogP contribution in [-0.2, 0) is 11.3 Å². The largest absolute Gasteiger partial charge is 0.372 e. The van der Waals surface area contributed by atoms with Crippen molar-refractivity contribution in [2.24, 2.45) is 5.92 Å². The molecule has 0 bridgehead atoms. The predicted molar refractivity (Wildman–Crippen MR) is 116 cm³/mol. The molecule has 1 amide bonds. The number of nitrogens with zero attached hydrogens (tertiary/aromatic N) is 2. The first kappa shape index (κ1) is 19.0. The Morgan fingerprint density at radius 1 is 0.929 bits per heavy atom. The molecule has 0 radical (unpaired) electrons. The van der Waals surface area contributed by atoms with E-state index in [0.717, 1.165) is 51.3 Å². The second-order valence-electron chi connectivity index (χ2n) is 8.27. The molecule has 148 valence electrons. The van der Waals surface area contributed by atoms with Crippen LogP contribution in [0.3, 0.4) is 0 Å². The molecule has 2 aliphatic heterocycles. The molecule has 4 heteroatoms. The monoisotopic (exact) mass is 377 g/mol. The molecule has 28 heavy (non-hydrogen) atoms. The zero-order valence-corrected chi connectivity index (χ0v) is 16.9. The maximum Gasteiger partial charge on any atom is 0.227 e. The molecule has 0 unspecified atom stereocenters. The molecule has 1 N–H and O–H groups in total. The number of hydrogen-bond acceptors (Lipinski definition) is 3. The fourth-order valence-electron chi connectivity index (χ4n) is 4.28. The number of rotatable bonds is 5. The first-order valence-electron chi connectivity index (χ1n) is 10.6. The Hall–Kier alpha value is -2.33. The van der Waals surface area contributed by atoms with E-state index in [1.54, 1.807) is 0 Å². The SMILES string of the molecule is Cc1ccc(CN2CCC(C(=O)Nc3ccc(N4CCCC4)cc3)CC2)cc1. The van der Waals surface area contributed by atoms with Crippen molar-refractivity contribution in [3.8, 4) is 0 Å². The van der Waals surface area contributed by atoms with E-state index in [9.17, 15) is 4.79 Å². The van der Waals surface area contributed by atoms with Gasteiger partial charge in [0, 0.05) is 36.9 Å². The Labute approximate surface area is 168 Å². The number of anilines is 2. The molecule has 0 saturated carbocycles. The van der Waals surface area contributed by atoms with Gasteiger partial charge < -0.3 is 10.2 Å². The summed E-state index contributed by atoms with van der Waals surface area (Å²) in [5.74, 6) is 0.288. The summed E-state index contributed by atoms with van der Waals surface area (Å²) in [6.45, 7) is 7.36. The standard InChI is InChI=1S/C24H31N3O/c1-19-4-6-20(7-5-19)18-26-16-12-21(13-17-26)24(28)25-22-8-10-23(11-9-22)27-14-2-3-15-27/h4-11,21H,2-3,12-18H2,1H3,(H,25,28). The normalized spacial score (nSPS) is 18.4. The van der Waals surface area contributed by atoms with E-state index in [0.29, 0.717) is 0 Å². The minimum absolute atomic E-state index is 0.118. The van der Waals surface area contributed by atoms with E-state index in [2.05, 4.69) is 58.4 Å². The summed E-state index contributed by atoms with van der Waals surface area (Å²) >= 11 is 0. The van der Waals surface area contributed by atoms with E-state index in [1.807, 2.05) is 12.1 Å². The minimum Gasteiger partial charge on any atom is -0.372 e. The number of carbonyl (C=O) groups is 1. The smallest absolute Gasteiger partial charge is 0.227 e. The van der Waals surface area contributed by atoms with Gasteiger partial charge in [0.05, 0.1) is 0 Å². The molecule has 4 nitrogen and oxygen atoms in total. The van der Waals surface area contributed by atoms with Crippen molar-refractivity contribution in [2.75, 3.05) is 36.4 Å².